The summed E-state index contributed by atoms with van der Waals surface area (Å²) in [5.74, 6) is 1.39. The largest absolute Gasteiger partial charge is 0.352 e. The predicted octanol–water partition coefficient (Wildman–Crippen LogP) is 2.67. The Morgan fingerprint density at radius 2 is 2.05 bits per heavy atom. The van der Waals surface area contributed by atoms with Gasteiger partial charge in [0.15, 0.2) is 0 Å². The quantitative estimate of drug-likeness (QED) is 0.792. The molecule has 0 spiro atoms. The summed E-state index contributed by atoms with van der Waals surface area (Å²) in [6.07, 6.45) is 2.92. The van der Waals surface area contributed by atoms with Crippen LogP contribution in [0.1, 0.15) is 26.2 Å². The molecular formula is C16H24N2OS. The number of hydrogen-bond donors (Lipinski definition) is 2. The number of nitrogens with one attached hydrogen (secondary N) is 2. The van der Waals surface area contributed by atoms with E-state index >= 15 is 0 Å². The van der Waals surface area contributed by atoms with E-state index in [0.29, 0.717) is 0 Å². The summed E-state index contributed by atoms with van der Waals surface area (Å²) < 4.78 is 0. The molecule has 1 amide bonds. The van der Waals surface area contributed by atoms with Crippen molar-refractivity contribution in [2.24, 2.45) is 5.92 Å². The van der Waals surface area contributed by atoms with E-state index in [4.69, 9.17) is 0 Å². The average Bonchev–Trinajstić information content (AvgIpc) is 2.53. The first-order valence-electron chi connectivity index (χ1n) is 7.48. The van der Waals surface area contributed by atoms with Gasteiger partial charge in [-0.1, -0.05) is 25.1 Å². The number of carbonyl (C=O) groups excluding carboxylic acids is 1. The van der Waals surface area contributed by atoms with Crippen molar-refractivity contribution in [3.05, 3.63) is 30.3 Å². The average molecular weight is 292 g/mol. The molecule has 0 bridgehead atoms. The van der Waals surface area contributed by atoms with E-state index in [0.717, 1.165) is 38.1 Å². The van der Waals surface area contributed by atoms with Gasteiger partial charge in [-0.15, -0.1) is 11.8 Å². The second-order valence-electron chi connectivity index (χ2n) is 5.26. The highest BCUT2D eigenvalue weighted by Crippen LogP contribution is 2.19. The molecule has 2 rings (SSSR count). The molecule has 20 heavy (non-hydrogen) atoms. The van der Waals surface area contributed by atoms with Crippen molar-refractivity contribution in [2.45, 2.75) is 37.1 Å². The van der Waals surface area contributed by atoms with Crippen LogP contribution < -0.4 is 10.6 Å². The first-order valence-corrected chi connectivity index (χ1v) is 8.47. The molecule has 1 aliphatic heterocycles. The van der Waals surface area contributed by atoms with Gasteiger partial charge in [0.25, 0.3) is 0 Å². The normalized spacial score (nSPS) is 17.6. The molecule has 0 unspecified atom stereocenters. The van der Waals surface area contributed by atoms with Gasteiger partial charge in [-0.2, -0.15) is 0 Å². The van der Waals surface area contributed by atoms with E-state index in [1.807, 2.05) is 17.8 Å². The molecule has 0 aromatic heterocycles. The van der Waals surface area contributed by atoms with E-state index < -0.39 is 0 Å². The summed E-state index contributed by atoms with van der Waals surface area (Å²) in [5.41, 5.74) is 0. The summed E-state index contributed by atoms with van der Waals surface area (Å²) in [4.78, 5) is 13.5. The Morgan fingerprint density at radius 3 is 2.70 bits per heavy atom. The minimum absolute atomic E-state index is 0.201. The molecule has 0 aliphatic carbocycles. The number of carbonyl (C=O) groups is 1. The van der Waals surface area contributed by atoms with Crippen LogP contribution in [0.2, 0.25) is 0 Å². The minimum atomic E-state index is 0.201. The number of piperidine rings is 1. The van der Waals surface area contributed by atoms with Gasteiger partial charge in [0.05, 0.1) is 0 Å². The Labute approximate surface area is 125 Å². The summed E-state index contributed by atoms with van der Waals surface area (Å²) in [5, 5.41) is 6.52. The maximum atomic E-state index is 12.2. The molecule has 1 fully saturated rings. The molecule has 1 aromatic carbocycles. The van der Waals surface area contributed by atoms with Gasteiger partial charge in [0.1, 0.15) is 0 Å². The van der Waals surface area contributed by atoms with E-state index in [1.165, 1.54) is 4.90 Å². The molecule has 1 heterocycles. The monoisotopic (exact) mass is 292 g/mol. The van der Waals surface area contributed by atoms with Gasteiger partial charge >= 0.3 is 0 Å². The Bertz CT molecular complexity index is 404. The Balaban J connectivity index is 1.78. The fourth-order valence-electron chi connectivity index (χ4n) is 2.38. The first kappa shape index (κ1) is 15.4. The lowest BCUT2D eigenvalue weighted by Gasteiger charge is -2.25. The van der Waals surface area contributed by atoms with Gasteiger partial charge in [-0.25, -0.2) is 0 Å². The zero-order valence-corrected chi connectivity index (χ0v) is 12.9. The van der Waals surface area contributed by atoms with Crippen LogP contribution in [-0.4, -0.2) is 30.8 Å². The number of thioether (sulfide) groups is 1. The highest BCUT2D eigenvalue weighted by atomic mass is 32.2. The van der Waals surface area contributed by atoms with E-state index in [1.54, 1.807) is 0 Å². The third-order valence-electron chi connectivity index (χ3n) is 3.74. The van der Waals surface area contributed by atoms with Crippen LogP contribution >= 0.6 is 11.8 Å². The zero-order chi connectivity index (χ0) is 14.2. The third kappa shape index (κ3) is 4.84. The number of rotatable bonds is 6. The lowest BCUT2D eigenvalue weighted by atomic mass is 9.97. The van der Waals surface area contributed by atoms with Crippen molar-refractivity contribution in [3.63, 3.8) is 0 Å². The predicted molar refractivity (Wildman–Crippen MR) is 85.0 cm³/mol. The molecule has 3 nitrogen and oxygen atoms in total. The molecule has 1 aromatic rings. The highest BCUT2D eigenvalue weighted by molar-refractivity contribution is 7.99. The van der Waals surface area contributed by atoms with Gasteiger partial charge in [0.2, 0.25) is 5.91 Å². The van der Waals surface area contributed by atoms with Gasteiger partial charge in [-0.3, -0.25) is 4.79 Å². The van der Waals surface area contributed by atoms with Crippen LogP contribution in [0.15, 0.2) is 35.2 Å². The van der Waals surface area contributed by atoms with Crippen LogP contribution in [0.3, 0.4) is 0 Å². The first-order chi connectivity index (χ1) is 9.79. The van der Waals surface area contributed by atoms with Crippen LogP contribution in [0.4, 0.5) is 0 Å². The van der Waals surface area contributed by atoms with Crippen molar-refractivity contribution in [2.75, 3.05) is 18.8 Å². The van der Waals surface area contributed by atoms with E-state index in [9.17, 15) is 4.79 Å². The molecule has 4 heteroatoms. The molecule has 1 saturated heterocycles. The summed E-state index contributed by atoms with van der Waals surface area (Å²) in [6.45, 7) is 4.07. The number of hydrogen-bond acceptors (Lipinski definition) is 3. The van der Waals surface area contributed by atoms with Crippen molar-refractivity contribution < 1.29 is 4.79 Å². The maximum absolute atomic E-state index is 12.2. The van der Waals surface area contributed by atoms with Gasteiger partial charge < -0.3 is 10.6 Å². The Kier molecular flexibility index (Phi) is 6.40. The molecule has 0 radical (unpaired) electrons. The smallest absolute Gasteiger partial charge is 0.223 e. The van der Waals surface area contributed by atoms with E-state index in [-0.39, 0.29) is 17.9 Å². The maximum Gasteiger partial charge on any atom is 0.223 e. The minimum Gasteiger partial charge on any atom is -0.352 e. The summed E-state index contributed by atoms with van der Waals surface area (Å²) in [6, 6.07) is 10.6. The van der Waals surface area contributed by atoms with Crippen molar-refractivity contribution in [3.8, 4) is 0 Å². The Morgan fingerprint density at radius 1 is 1.35 bits per heavy atom. The molecule has 2 N–H and O–H groups in total. The second-order valence-corrected chi connectivity index (χ2v) is 6.36. The summed E-state index contributed by atoms with van der Waals surface area (Å²) >= 11 is 1.81. The third-order valence-corrected chi connectivity index (χ3v) is 4.92. The highest BCUT2D eigenvalue weighted by Gasteiger charge is 2.22. The van der Waals surface area contributed by atoms with Crippen molar-refractivity contribution in [1.29, 1.82) is 0 Å². The van der Waals surface area contributed by atoms with Gasteiger partial charge in [-0.05, 0) is 44.5 Å². The number of amides is 1. The molecule has 110 valence electrons. The van der Waals surface area contributed by atoms with Crippen LogP contribution in [0, 0.1) is 5.92 Å². The lowest BCUT2D eigenvalue weighted by molar-refractivity contribution is -0.126. The fraction of sp³-hybridized carbons (Fsp3) is 0.562. The van der Waals surface area contributed by atoms with E-state index in [2.05, 4.69) is 41.8 Å². The SMILES string of the molecule is CC[C@@H](CSc1ccccc1)NC(=O)C1CCNCC1. The second kappa shape index (κ2) is 8.32. The molecule has 1 aliphatic rings. The molecule has 1 atom stereocenters. The van der Waals surface area contributed by atoms with Crippen LogP contribution in [0.5, 0.6) is 0 Å². The fourth-order valence-corrected chi connectivity index (χ4v) is 3.44. The molecular weight excluding hydrogens is 268 g/mol. The van der Waals surface area contributed by atoms with Crippen LogP contribution in [0.25, 0.3) is 0 Å². The lowest BCUT2D eigenvalue weighted by Crippen LogP contribution is -2.43. The topological polar surface area (TPSA) is 41.1 Å². The van der Waals surface area contributed by atoms with Crippen molar-refractivity contribution >= 4 is 17.7 Å². The van der Waals surface area contributed by atoms with Crippen molar-refractivity contribution in [1.82, 2.24) is 10.6 Å². The standard InChI is InChI=1S/C16H24N2OS/c1-2-14(12-20-15-6-4-3-5-7-15)18-16(19)13-8-10-17-11-9-13/h3-7,13-14,17H,2,8-12H2,1H3,(H,18,19)/t14-/m0/s1. The van der Waals surface area contributed by atoms with Crippen LogP contribution in [-0.2, 0) is 4.79 Å². The number of benzene rings is 1. The zero-order valence-electron chi connectivity index (χ0n) is 12.1. The summed E-state index contributed by atoms with van der Waals surface area (Å²) in [7, 11) is 0. The Hall–Kier alpha value is -1.00. The van der Waals surface area contributed by atoms with Gasteiger partial charge in [0, 0.05) is 22.6 Å². The molecule has 0 saturated carbocycles.